The lowest BCUT2D eigenvalue weighted by Gasteiger charge is -2.29. The van der Waals surface area contributed by atoms with Crippen molar-refractivity contribution < 1.29 is 25.2 Å². The molecule has 1 fully saturated rings. The van der Waals surface area contributed by atoms with Crippen molar-refractivity contribution in [2.45, 2.75) is 24.0 Å². The summed E-state index contributed by atoms with van der Waals surface area (Å²) in [5.41, 5.74) is -1.16. The number of hydrogen-bond acceptors (Lipinski definition) is 9. The molecule has 1 aliphatic heterocycles. The second kappa shape index (κ2) is 5.41. The molecule has 0 saturated carbocycles. The highest BCUT2D eigenvalue weighted by atomic mass is 16.6. The minimum absolute atomic E-state index is 0.363. The van der Waals surface area contributed by atoms with Crippen molar-refractivity contribution in [1.82, 2.24) is 19.5 Å². The summed E-state index contributed by atoms with van der Waals surface area (Å²) >= 11 is 0. The third-order valence-corrected chi connectivity index (χ3v) is 3.88. The summed E-state index contributed by atoms with van der Waals surface area (Å²) in [4.78, 5) is 12.3. The molecule has 4 atom stereocenters. The number of anilines is 1. The number of nitrogens with zero attached hydrogens (tertiary/aromatic N) is 4. The van der Waals surface area contributed by atoms with Crippen LogP contribution in [0.5, 0.6) is 0 Å². The smallest absolute Gasteiger partial charge is 0.170 e. The molecule has 10 heteroatoms. The Balaban J connectivity index is 2.11. The van der Waals surface area contributed by atoms with Crippen LogP contribution in [0, 0.1) is 0 Å². The predicted molar refractivity (Wildman–Crippen MR) is 73.9 cm³/mol. The average Bonchev–Trinajstić information content (AvgIpc) is 3.08. The fraction of sp³-hybridized carbons (Fsp3) is 0.583. The van der Waals surface area contributed by atoms with Crippen LogP contribution in [0.3, 0.4) is 0 Å². The standard InChI is InChI=1S/C12H17N5O5/c1-13-9-7-10(15-4-14-9)17(5-16-7)11-12(21,3-19)8(20)6(2-18)22-11/h4-6,8,11,18-21H,2-3H2,1H3,(H,13,14,15)/t6-,8-,11-,12-/m1/s1. The van der Waals surface area contributed by atoms with Gasteiger partial charge in [-0.05, 0) is 0 Å². The van der Waals surface area contributed by atoms with E-state index in [1.165, 1.54) is 17.2 Å². The monoisotopic (exact) mass is 311 g/mol. The second-order valence-electron chi connectivity index (χ2n) is 5.10. The van der Waals surface area contributed by atoms with E-state index in [0.29, 0.717) is 17.0 Å². The molecule has 1 saturated heterocycles. The number of fused-ring (bicyclic) bond motifs is 1. The highest BCUT2D eigenvalue weighted by Gasteiger charge is 2.56. The Bertz CT molecular complexity index is 679. The van der Waals surface area contributed by atoms with Crippen molar-refractivity contribution in [2.24, 2.45) is 0 Å². The molecular weight excluding hydrogens is 294 g/mol. The Morgan fingerprint density at radius 1 is 1.36 bits per heavy atom. The summed E-state index contributed by atoms with van der Waals surface area (Å²) in [5, 5.41) is 42.2. The van der Waals surface area contributed by atoms with Crippen LogP contribution in [0.4, 0.5) is 5.82 Å². The number of aliphatic hydroxyl groups excluding tert-OH is 3. The molecule has 22 heavy (non-hydrogen) atoms. The van der Waals surface area contributed by atoms with E-state index in [2.05, 4.69) is 20.3 Å². The number of imidazole rings is 1. The summed E-state index contributed by atoms with van der Waals surface area (Å²) in [7, 11) is 1.68. The van der Waals surface area contributed by atoms with E-state index in [1.807, 2.05) is 0 Å². The molecule has 2 aromatic heterocycles. The van der Waals surface area contributed by atoms with Crippen molar-refractivity contribution in [2.75, 3.05) is 25.6 Å². The maximum absolute atomic E-state index is 10.5. The van der Waals surface area contributed by atoms with Gasteiger partial charge in [0.2, 0.25) is 0 Å². The van der Waals surface area contributed by atoms with Gasteiger partial charge in [-0.2, -0.15) is 0 Å². The van der Waals surface area contributed by atoms with Crippen LogP contribution in [-0.2, 0) is 4.74 Å². The van der Waals surface area contributed by atoms with E-state index in [0.717, 1.165) is 0 Å². The zero-order valence-corrected chi connectivity index (χ0v) is 11.8. The average molecular weight is 311 g/mol. The minimum atomic E-state index is -1.98. The van der Waals surface area contributed by atoms with Gasteiger partial charge in [-0.25, -0.2) is 15.0 Å². The molecule has 2 aromatic rings. The molecule has 3 rings (SSSR count). The quantitative estimate of drug-likeness (QED) is 0.426. The van der Waals surface area contributed by atoms with E-state index >= 15 is 0 Å². The number of hydrogen-bond donors (Lipinski definition) is 5. The molecule has 5 N–H and O–H groups in total. The van der Waals surface area contributed by atoms with E-state index in [-0.39, 0.29) is 0 Å². The van der Waals surface area contributed by atoms with Gasteiger partial charge in [0.15, 0.2) is 23.3 Å². The van der Waals surface area contributed by atoms with Crippen LogP contribution in [0.2, 0.25) is 0 Å². The summed E-state index contributed by atoms with van der Waals surface area (Å²) in [5.74, 6) is 0.494. The van der Waals surface area contributed by atoms with Gasteiger partial charge < -0.3 is 30.5 Å². The Morgan fingerprint density at radius 3 is 2.77 bits per heavy atom. The van der Waals surface area contributed by atoms with Gasteiger partial charge in [0.1, 0.15) is 24.1 Å². The van der Waals surface area contributed by atoms with E-state index < -0.39 is 37.3 Å². The highest BCUT2D eigenvalue weighted by Crippen LogP contribution is 2.39. The SMILES string of the molecule is CNc1ncnc2c1ncn2[C@@H]1O[C@H](CO)[C@@H](O)[C@]1(O)CO. The van der Waals surface area contributed by atoms with Crippen molar-refractivity contribution in [3.63, 3.8) is 0 Å². The van der Waals surface area contributed by atoms with Crippen LogP contribution in [0.25, 0.3) is 11.2 Å². The first-order chi connectivity index (χ1) is 10.6. The molecule has 120 valence electrons. The largest absolute Gasteiger partial charge is 0.394 e. The molecule has 0 bridgehead atoms. The molecule has 10 nitrogen and oxygen atoms in total. The number of aliphatic hydroxyl groups is 4. The molecule has 0 spiro atoms. The maximum Gasteiger partial charge on any atom is 0.170 e. The van der Waals surface area contributed by atoms with Crippen molar-refractivity contribution in [1.29, 1.82) is 0 Å². The third-order valence-electron chi connectivity index (χ3n) is 3.88. The second-order valence-corrected chi connectivity index (χ2v) is 5.10. The zero-order chi connectivity index (χ0) is 15.9. The number of rotatable bonds is 4. The normalized spacial score (nSPS) is 31.8. The van der Waals surface area contributed by atoms with E-state index in [1.54, 1.807) is 7.05 Å². The molecule has 0 unspecified atom stereocenters. The van der Waals surface area contributed by atoms with Gasteiger partial charge >= 0.3 is 0 Å². The molecule has 0 aromatic carbocycles. The lowest BCUT2D eigenvalue weighted by atomic mass is 9.95. The van der Waals surface area contributed by atoms with Crippen molar-refractivity contribution in [3.8, 4) is 0 Å². The molecule has 3 heterocycles. The Labute approximate surface area is 125 Å². The van der Waals surface area contributed by atoms with Gasteiger partial charge in [0.05, 0.1) is 19.5 Å². The molecule has 0 aliphatic carbocycles. The topological polar surface area (TPSA) is 146 Å². The molecular formula is C12H17N5O5. The van der Waals surface area contributed by atoms with Crippen LogP contribution in [0.15, 0.2) is 12.7 Å². The van der Waals surface area contributed by atoms with E-state index in [4.69, 9.17) is 4.74 Å². The van der Waals surface area contributed by atoms with Gasteiger partial charge in [-0.15, -0.1) is 0 Å². The Kier molecular flexibility index (Phi) is 3.70. The first-order valence-electron chi connectivity index (χ1n) is 6.69. The van der Waals surface area contributed by atoms with Gasteiger partial charge in [0, 0.05) is 7.05 Å². The lowest BCUT2D eigenvalue weighted by molar-refractivity contribution is -0.132. The molecule has 0 radical (unpaired) electrons. The number of aromatic nitrogens is 4. The molecule has 1 aliphatic rings. The van der Waals surface area contributed by atoms with Crippen LogP contribution < -0.4 is 5.32 Å². The summed E-state index contributed by atoms with van der Waals surface area (Å²) in [6.45, 7) is -1.25. The highest BCUT2D eigenvalue weighted by molar-refractivity contribution is 5.82. The number of nitrogens with one attached hydrogen (secondary N) is 1. The van der Waals surface area contributed by atoms with Crippen molar-refractivity contribution in [3.05, 3.63) is 12.7 Å². The number of ether oxygens (including phenoxy) is 1. The fourth-order valence-corrected chi connectivity index (χ4v) is 2.65. The maximum atomic E-state index is 10.5. The fourth-order valence-electron chi connectivity index (χ4n) is 2.65. The van der Waals surface area contributed by atoms with E-state index in [9.17, 15) is 20.4 Å². The Hall–Kier alpha value is -1.85. The van der Waals surface area contributed by atoms with Crippen LogP contribution in [-0.4, -0.2) is 78.0 Å². The predicted octanol–water partition coefficient (Wildman–Crippen LogP) is -2.16. The Morgan fingerprint density at radius 2 is 2.14 bits per heavy atom. The summed E-state index contributed by atoms with van der Waals surface area (Å²) < 4.78 is 6.88. The van der Waals surface area contributed by atoms with Gasteiger partial charge in [0.25, 0.3) is 0 Å². The van der Waals surface area contributed by atoms with Crippen molar-refractivity contribution >= 4 is 17.0 Å². The third kappa shape index (κ3) is 1.96. The van der Waals surface area contributed by atoms with Gasteiger partial charge in [-0.1, -0.05) is 0 Å². The summed E-state index contributed by atoms with van der Waals surface area (Å²) in [6.07, 6.45) is -0.924. The first-order valence-corrected chi connectivity index (χ1v) is 6.69. The van der Waals surface area contributed by atoms with Gasteiger partial charge in [-0.3, -0.25) is 4.57 Å². The molecule has 0 amide bonds. The van der Waals surface area contributed by atoms with Crippen LogP contribution in [0.1, 0.15) is 6.23 Å². The summed E-state index contributed by atoms with van der Waals surface area (Å²) in [6, 6.07) is 0. The first kappa shape index (κ1) is 15.1. The van der Waals surface area contributed by atoms with Crippen LogP contribution >= 0.6 is 0 Å². The lowest BCUT2D eigenvalue weighted by Crippen LogP contribution is -2.50. The zero-order valence-electron chi connectivity index (χ0n) is 11.8. The minimum Gasteiger partial charge on any atom is -0.394 e.